The molecule has 0 heterocycles. The largest absolute Gasteiger partial charge is 0.480 e. The standard InChI is InChI=1S/C45H77NO5/c1-3-5-7-9-11-13-14-15-16-17-18-19-20-21-22-23-24-25-27-32-36-40-45(50)51-42(37-33-29-26-12-10-8-6-4-2)38-34-30-28-31-35-39-43(47)46-41-44(48)49/h5,7,11,13,15-16,18-19,21-22,42H,3-4,6,8-10,12,14,17,20,23-41H2,1-2H3,(H,46,47)(H,48,49)/b7-5-,13-11-,16-15-,19-18-,22-21-. The van der Waals surface area contributed by atoms with E-state index >= 15 is 0 Å². The molecule has 0 aliphatic rings. The molecule has 0 aromatic rings. The quantitative estimate of drug-likeness (QED) is 0.0380. The van der Waals surface area contributed by atoms with E-state index in [1.54, 1.807) is 0 Å². The van der Waals surface area contributed by atoms with Crippen LogP contribution in [0.1, 0.15) is 194 Å². The Kier molecular flexibility index (Phi) is 37.6. The molecule has 6 heteroatoms. The number of aliphatic carboxylic acids is 1. The van der Waals surface area contributed by atoms with E-state index in [9.17, 15) is 14.4 Å². The van der Waals surface area contributed by atoms with Crippen LogP contribution in [0.4, 0.5) is 0 Å². The molecule has 0 radical (unpaired) electrons. The van der Waals surface area contributed by atoms with E-state index in [1.165, 1.54) is 64.2 Å². The molecule has 1 amide bonds. The number of amides is 1. The summed E-state index contributed by atoms with van der Waals surface area (Å²) in [5, 5.41) is 11.1. The highest BCUT2D eigenvalue weighted by Crippen LogP contribution is 2.18. The van der Waals surface area contributed by atoms with Crippen molar-refractivity contribution >= 4 is 17.8 Å². The van der Waals surface area contributed by atoms with Gasteiger partial charge in [-0.3, -0.25) is 14.4 Å². The highest BCUT2D eigenvalue weighted by Gasteiger charge is 2.14. The van der Waals surface area contributed by atoms with Crippen LogP contribution in [0.2, 0.25) is 0 Å². The van der Waals surface area contributed by atoms with Crippen LogP contribution in [0.3, 0.4) is 0 Å². The van der Waals surface area contributed by atoms with Gasteiger partial charge in [0.2, 0.25) is 5.91 Å². The number of allylic oxidation sites excluding steroid dienone is 10. The van der Waals surface area contributed by atoms with Crippen LogP contribution in [0, 0.1) is 0 Å². The van der Waals surface area contributed by atoms with Crippen LogP contribution < -0.4 is 5.32 Å². The molecule has 2 N–H and O–H groups in total. The maximum absolute atomic E-state index is 12.7. The highest BCUT2D eigenvalue weighted by molar-refractivity contribution is 5.80. The number of ether oxygens (including phenoxy) is 1. The first-order valence-electron chi connectivity index (χ1n) is 20.9. The second-order valence-corrected chi connectivity index (χ2v) is 13.9. The number of carbonyl (C=O) groups is 3. The summed E-state index contributed by atoms with van der Waals surface area (Å²) in [6, 6.07) is 0. The fourth-order valence-corrected chi connectivity index (χ4v) is 5.89. The number of carbonyl (C=O) groups excluding carboxylic acids is 2. The fourth-order valence-electron chi connectivity index (χ4n) is 5.89. The number of hydrogen-bond acceptors (Lipinski definition) is 4. The summed E-state index contributed by atoms with van der Waals surface area (Å²) in [6.07, 6.45) is 52.0. The van der Waals surface area contributed by atoms with E-state index in [0.29, 0.717) is 12.8 Å². The van der Waals surface area contributed by atoms with Gasteiger partial charge < -0.3 is 15.2 Å². The molecule has 292 valence electrons. The lowest BCUT2D eigenvalue weighted by atomic mass is 10.0. The molecule has 0 spiro atoms. The van der Waals surface area contributed by atoms with Crippen LogP contribution in [0.5, 0.6) is 0 Å². The number of rotatable bonds is 37. The second-order valence-electron chi connectivity index (χ2n) is 13.9. The molecule has 0 aliphatic heterocycles. The van der Waals surface area contributed by atoms with Crippen molar-refractivity contribution in [2.75, 3.05) is 6.54 Å². The lowest BCUT2D eigenvalue weighted by molar-refractivity contribution is -0.150. The summed E-state index contributed by atoms with van der Waals surface area (Å²) in [4.78, 5) is 34.9. The van der Waals surface area contributed by atoms with E-state index in [-0.39, 0.29) is 24.5 Å². The van der Waals surface area contributed by atoms with Gasteiger partial charge in [-0.25, -0.2) is 0 Å². The Hall–Kier alpha value is -2.89. The van der Waals surface area contributed by atoms with Gasteiger partial charge in [-0.15, -0.1) is 0 Å². The Morgan fingerprint density at radius 2 is 0.961 bits per heavy atom. The van der Waals surface area contributed by atoms with E-state index in [4.69, 9.17) is 9.84 Å². The van der Waals surface area contributed by atoms with Gasteiger partial charge in [0.25, 0.3) is 0 Å². The van der Waals surface area contributed by atoms with Crippen molar-refractivity contribution in [1.29, 1.82) is 0 Å². The number of carboxylic acids is 1. The molecule has 1 unspecified atom stereocenters. The van der Waals surface area contributed by atoms with E-state index in [1.807, 2.05) is 0 Å². The molecule has 0 aromatic carbocycles. The van der Waals surface area contributed by atoms with Gasteiger partial charge in [0.1, 0.15) is 12.6 Å². The summed E-state index contributed by atoms with van der Waals surface area (Å²) >= 11 is 0. The van der Waals surface area contributed by atoms with Gasteiger partial charge in [-0.2, -0.15) is 0 Å². The summed E-state index contributed by atoms with van der Waals surface area (Å²) < 4.78 is 6.00. The fraction of sp³-hybridized carbons (Fsp3) is 0.711. The Morgan fingerprint density at radius 3 is 1.47 bits per heavy atom. The molecular weight excluding hydrogens is 634 g/mol. The van der Waals surface area contributed by atoms with Crippen LogP contribution in [-0.4, -0.2) is 35.6 Å². The maximum atomic E-state index is 12.7. The van der Waals surface area contributed by atoms with Gasteiger partial charge in [0.05, 0.1) is 0 Å². The third kappa shape index (κ3) is 39.7. The summed E-state index contributed by atoms with van der Waals surface area (Å²) in [5.74, 6) is -1.25. The zero-order chi connectivity index (χ0) is 37.3. The van der Waals surface area contributed by atoms with Gasteiger partial charge >= 0.3 is 11.9 Å². The zero-order valence-electron chi connectivity index (χ0n) is 32.9. The SMILES string of the molecule is CC/C=C\C/C=C\C/C=C\C/C=C\C/C=C\CCCCCCCC(=O)OC(CCCCCCCCCC)CCCCCCCC(=O)NCC(=O)O. The smallest absolute Gasteiger partial charge is 0.322 e. The molecule has 6 nitrogen and oxygen atoms in total. The predicted molar refractivity (Wildman–Crippen MR) is 217 cm³/mol. The molecule has 0 fully saturated rings. The first-order chi connectivity index (χ1) is 25.0. The van der Waals surface area contributed by atoms with Gasteiger partial charge in [-0.1, -0.05) is 158 Å². The van der Waals surface area contributed by atoms with E-state index in [0.717, 1.165) is 103 Å². The Labute approximate surface area is 313 Å². The molecule has 0 saturated heterocycles. The van der Waals surface area contributed by atoms with Crippen molar-refractivity contribution in [3.63, 3.8) is 0 Å². The lowest BCUT2D eigenvalue weighted by Gasteiger charge is -2.18. The summed E-state index contributed by atoms with van der Waals surface area (Å²) in [6.45, 7) is 4.09. The third-order valence-electron chi connectivity index (χ3n) is 8.95. The number of hydrogen-bond donors (Lipinski definition) is 2. The molecule has 0 aromatic heterocycles. The topological polar surface area (TPSA) is 92.7 Å². The van der Waals surface area contributed by atoms with Crippen LogP contribution in [-0.2, 0) is 19.1 Å². The molecule has 0 aliphatic carbocycles. The predicted octanol–water partition coefficient (Wildman–Crippen LogP) is 12.8. The van der Waals surface area contributed by atoms with Gasteiger partial charge in [0, 0.05) is 12.8 Å². The lowest BCUT2D eigenvalue weighted by Crippen LogP contribution is -2.28. The molecule has 1 atom stereocenters. The minimum Gasteiger partial charge on any atom is -0.480 e. The van der Waals surface area contributed by atoms with Crippen molar-refractivity contribution < 1.29 is 24.2 Å². The average Bonchev–Trinajstić information content (AvgIpc) is 3.11. The van der Waals surface area contributed by atoms with Crippen LogP contribution in [0.25, 0.3) is 0 Å². The molecule has 0 saturated carbocycles. The van der Waals surface area contributed by atoms with Gasteiger partial charge in [-0.05, 0) is 83.5 Å². The van der Waals surface area contributed by atoms with Crippen molar-refractivity contribution in [3.05, 3.63) is 60.8 Å². The summed E-state index contributed by atoms with van der Waals surface area (Å²) in [7, 11) is 0. The molecule has 0 bridgehead atoms. The number of esters is 1. The minimum atomic E-state index is -1.02. The van der Waals surface area contributed by atoms with E-state index in [2.05, 4.69) is 79.9 Å². The maximum Gasteiger partial charge on any atom is 0.322 e. The Morgan fingerprint density at radius 1 is 0.529 bits per heavy atom. The monoisotopic (exact) mass is 712 g/mol. The average molecular weight is 712 g/mol. The summed E-state index contributed by atoms with van der Waals surface area (Å²) in [5.41, 5.74) is 0. The van der Waals surface area contributed by atoms with Crippen molar-refractivity contribution in [2.24, 2.45) is 0 Å². The highest BCUT2D eigenvalue weighted by atomic mass is 16.5. The van der Waals surface area contributed by atoms with Crippen molar-refractivity contribution in [3.8, 4) is 0 Å². The molecular formula is C45H77NO5. The Bertz CT molecular complexity index is 964. The van der Waals surface area contributed by atoms with Crippen LogP contribution in [0.15, 0.2) is 60.8 Å². The Balaban J connectivity index is 4.09. The first-order valence-corrected chi connectivity index (χ1v) is 20.9. The molecule has 0 rings (SSSR count). The number of carboxylic acid groups (broad SMARTS) is 1. The number of nitrogens with one attached hydrogen (secondary N) is 1. The number of unbranched alkanes of at least 4 members (excludes halogenated alkanes) is 16. The zero-order valence-corrected chi connectivity index (χ0v) is 32.9. The first kappa shape index (κ1) is 48.1. The van der Waals surface area contributed by atoms with E-state index < -0.39 is 5.97 Å². The molecule has 51 heavy (non-hydrogen) atoms. The third-order valence-corrected chi connectivity index (χ3v) is 8.95. The van der Waals surface area contributed by atoms with Crippen LogP contribution >= 0.6 is 0 Å². The second kappa shape index (κ2) is 39.9. The van der Waals surface area contributed by atoms with Crippen molar-refractivity contribution in [1.82, 2.24) is 5.32 Å². The van der Waals surface area contributed by atoms with Gasteiger partial charge in [0.15, 0.2) is 0 Å². The van der Waals surface area contributed by atoms with Crippen molar-refractivity contribution in [2.45, 2.75) is 200 Å². The minimum absolute atomic E-state index is 0.0165. The normalized spacial score (nSPS) is 12.7.